The smallest absolute Gasteiger partial charge is 0.0345 e. The zero-order valence-electron chi connectivity index (χ0n) is 29.8. The van der Waals surface area contributed by atoms with Gasteiger partial charge in [0.25, 0.3) is 0 Å². The Hall–Kier alpha value is -6.76. The van der Waals surface area contributed by atoms with Crippen molar-refractivity contribution in [2.45, 2.75) is 12.3 Å². The van der Waals surface area contributed by atoms with Gasteiger partial charge < -0.3 is 0 Å². The molecule has 0 heteroatoms. The van der Waals surface area contributed by atoms with Gasteiger partial charge in [0.15, 0.2) is 0 Å². The maximum atomic E-state index is 2.46. The molecule has 0 radical (unpaired) electrons. The summed E-state index contributed by atoms with van der Waals surface area (Å²) in [6.07, 6.45) is 19.3. The van der Waals surface area contributed by atoms with Crippen LogP contribution >= 0.6 is 0 Å². The molecule has 0 aromatic heterocycles. The van der Waals surface area contributed by atoms with E-state index in [1.165, 1.54) is 105 Å². The van der Waals surface area contributed by atoms with Crippen LogP contribution in [-0.4, -0.2) is 0 Å². The summed E-state index contributed by atoms with van der Waals surface area (Å²) < 4.78 is 0. The standard InChI is InChI=1S/C54H36/c1-2-13-43-37(9-1)10-8-18-44(43)38-25-21-35(22-26-38)19-20-36-23-27-41(28-24-36)52-45-14-3-5-16-47(45)54(48-17-6-4-15-46(48)52)50-34-32-42-30-29-39-11-7-12-40-31-33-49(50)53(42)51(39)40/h1-32,34,51H,33H2/b20-19+. The highest BCUT2D eigenvalue weighted by atomic mass is 14.4. The Morgan fingerprint density at radius 1 is 0.444 bits per heavy atom. The van der Waals surface area contributed by atoms with Gasteiger partial charge in [-0.25, -0.2) is 0 Å². The molecule has 0 spiro atoms. The van der Waals surface area contributed by atoms with Crippen LogP contribution in [0.15, 0.2) is 193 Å². The van der Waals surface area contributed by atoms with Crippen LogP contribution in [0, 0.1) is 0 Å². The fourth-order valence-electron chi connectivity index (χ4n) is 9.29. The molecule has 0 heterocycles. The average Bonchev–Trinajstić information content (AvgIpc) is 3.24. The van der Waals surface area contributed by atoms with Crippen molar-refractivity contribution in [1.29, 1.82) is 0 Å². The third-order valence-electron chi connectivity index (χ3n) is 11.8. The van der Waals surface area contributed by atoms with Crippen molar-refractivity contribution >= 4 is 50.5 Å². The molecule has 8 aromatic rings. The number of hydrogen-bond acceptors (Lipinski definition) is 0. The van der Waals surface area contributed by atoms with Gasteiger partial charge >= 0.3 is 0 Å². The van der Waals surface area contributed by atoms with Crippen LogP contribution in [0.1, 0.15) is 33.7 Å². The molecule has 8 aromatic carbocycles. The molecule has 252 valence electrons. The predicted octanol–water partition coefficient (Wildman–Crippen LogP) is 14.4. The molecule has 54 heavy (non-hydrogen) atoms. The summed E-state index contributed by atoms with van der Waals surface area (Å²) in [5.74, 6) is 0.331. The van der Waals surface area contributed by atoms with E-state index in [4.69, 9.17) is 0 Å². The molecule has 0 nitrogen and oxygen atoms in total. The van der Waals surface area contributed by atoms with E-state index in [1.54, 1.807) is 0 Å². The van der Waals surface area contributed by atoms with Crippen LogP contribution in [-0.2, 0) is 6.42 Å². The van der Waals surface area contributed by atoms with Crippen molar-refractivity contribution in [3.8, 4) is 33.4 Å². The van der Waals surface area contributed by atoms with Crippen molar-refractivity contribution in [3.63, 3.8) is 0 Å². The minimum absolute atomic E-state index is 0.331. The van der Waals surface area contributed by atoms with Gasteiger partial charge in [-0.1, -0.05) is 200 Å². The molecule has 0 amide bonds. The topological polar surface area (TPSA) is 0 Å². The van der Waals surface area contributed by atoms with E-state index in [-0.39, 0.29) is 0 Å². The Kier molecular flexibility index (Phi) is 7.10. The van der Waals surface area contributed by atoms with Gasteiger partial charge in [-0.2, -0.15) is 0 Å². The summed E-state index contributed by atoms with van der Waals surface area (Å²) >= 11 is 0. The summed E-state index contributed by atoms with van der Waals surface area (Å²) in [7, 11) is 0. The zero-order chi connectivity index (χ0) is 35.6. The lowest BCUT2D eigenvalue weighted by Crippen LogP contribution is -2.18. The fraction of sp³-hybridized carbons (Fsp3) is 0.0370. The minimum atomic E-state index is 0.331. The Balaban J connectivity index is 0.968. The lowest BCUT2D eigenvalue weighted by atomic mass is 9.69. The van der Waals surface area contributed by atoms with Crippen molar-refractivity contribution in [3.05, 3.63) is 221 Å². The van der Waals surface area contributed by atoms with Crippen LogP contribution in [0.2, 0.25) is 0 Å². The zero-order valence-corrected chi connectivity index (χ0v) is 29.8. The normalized spacial score (nSPS) is 15.5. The van der Waals surface area contributed by atoms with Crippen LogP contribution in [0.3, 0.4) is 0 Å². The monoisotopic (exact) mass is 684 g/mol. The average molecular weight is 685 g/mol. The van der Waals surface area contributed by atoms with Gasteiger partial charge in [0, 0.05) is 5.92 Å². The second-order valence-corrected chi connectivity index (χ2v) is 14.7. The lowest BCUT2D eigenvalue weighted by molar-refractivity contribution is 0.894. The summed E-state index contributed by atoms with van der Waals surface area (Å²) in [4.78, 5) is 0. The van der Waals surface area contributed by atoms with E-state index >= 15 is 0 Å². The van der Waals surface area contributed by atoms with Crippen LogP contribution in [0.5, 0.6) is 0 Å². The second-order valence-electron chi connectivity index (χ2n) is 14.7. The van der Waals surface area contributed by atoms with Crippen LogP contribution in [0.25, 0.3) is 83.9 Å². The molecule has 11 rings (SSSR count). The number of benzene rings is 8. The number of rotatable bonds is 5. The highest BCUT2D eigenvalue weighted by Gasteiger charge is 2.32. The summed E-state index contributed by atoms with van der Waals surface area (Å²) in [6.45, 7) is 0. The lowest BCUT2D eigenvalue weighted by Gasteiger charge is -2.34. The van der Waals surface area contributed by atoms with Gasteiger partial charge in [-0.15, -0.1) is 0 Å². The molecule has 0 aliphatic heterocycles. The summed E-state index contributed by atoms with van der Waals surface area (Å²) in [5.41, 5.74) is 17.3. The van der Waals surface area contributed by atoms with Crippen molar-refractivity contribution in [1.82, 2.24) is 0 Å². The largest absolute Gasteiger partial charge is 0.0759 e. The Morgan fingerprint density at radius 3 is 1.76 bits per heavy atom. The molecule has 0 saturated carbocycles. The first kappa shape index (κ1) is 30.8. The minimum Gasteiger partial charge on any atom is -0.0759 e. The molecule has 0 saturated heterocycles. The maximum absolute atomic E-state index is 2.46. The van der Waals surface area contributed by atoms with E-state index in [1.807, 2.05) is 0 Å². The van der Waals surface area contributed by atoms with Crippen molar-refractivity contribution in [2.75, 3.05) is 0 Å². The van der Waals surface area contributed by atoms with Gasteiger partial charge in [-0.05, 0) is 111 Å². The summed E-state index contributed by atoms with van der Waals surface area (Å²) in [6, 6.07) is 55.9. The first-order valence-electron chi connectivity index (χ1n) is 19.0. The SMILES string of the molecule is C1=CC2=CCc3c(-c4c5ccccc5c(-c5ccc(/C=C/c6ccc(-c7cccc8ccccc78)cc6)cc5)c5ccccc45)ccc4c3C2C(=C1)C=C4. The third kappa shape index (κ3) is 4.91. The number of hydrogen-bond donors (Lipinski definition) is 0. The van der Waals surface area contributed by atoms with E-state index in [9.17, 15) is 0 Å². The fourth-order valence-corrected chi connectivity index (χ4v) is 9.29. The molecule has 0 fully saturated rings. The molecule has 1 unspecified atom stereocenters. The molecule has 1 atom stereocenters. The van der Waals surface area contributed by atoms with Crippen LogP contribution in [0.4, 0.5) is 0 Å². The molecule has 3 aliphatic rings. The van der Waals surface area contributed by atoms with Crippen molar-refractivity contribution in [2.24, 2.45) is 0 Å². The molecule has 0 bridgehead atoms. The molecular formula is C54H36. The predicted molar refractivity (Wildman–Crippen MR) is 231 cm³/mol. The first-order valence-corrected chi connectivity index (χ1v) is 19.0. The van der Waals surface area contributed by atoms with Gasteiger partial charge in [0.1, 0.15) is 0 Å². The quantitative estimate of drug-likeness (QED) is 0.125. The van der Waals surface area contributed by atoms with Gasteiger partial charge in [0.05, 0.1) is 0 Å². The Morgan fingerprint density at radius 2 is 1.06 bits per heavy atom. The van der Waals surface area contributed by atoms with E-state index < -0.39 is 0 Å². The number of allylic oxidation sites excluding steroid dienone is 7. The Bertz CT molecular complexity index is 2920. The first-order chi connectivity index (χ1) is 26.8. The van der Waals surface area contributed by atoms with Gasteiger partial charge in [-0.3, -0.25) is 0 Å². The second kappa shape index (κ2) is 12.4. The van der Waals surface area contributed by atoms with Crippen LogP contribution < -0.4 is 0 Å². The third-order valence-corrected chi connectivity index (χ3v) is 11.8. The van der Waals surface area contributed by atoms with E-state index in [2.05, 4.69) is 200 Å². The maximum Gasteiger partial charge on any atom is 0.0345 e. The number of fused-ring (bicyclic) bond motifs is 3. The molecule has 0 N–H and O–H groups in total. The van der Waals surface area contributed by atoms with E-state index in [0.29, 0.717) is 5.92 Å². The van der Waals surface area contributed by atoms with Gasteiger partial charge in [0.2, 0.25) is 0 Å². The van der Waals surface area contributed by atoms with E-state index in [0.717, 1.165) is 6.42 Å². The molecular weight excluding hydrogens is 649 g/mol. The Labute approximate surface area is 316 Å². The summed E-state index contributed by atoms with van der Waals surface area (Å²) in [5, 5.41) is 7.74. The highest BCUT2D eigenvalue weighted by Crippen LogP contribution is 2.51. The highest BCUT2D eigenvalue weighted by molar-refractivity contribution is 6.21. The molecule has 3 aliphatic carbocycles. The van der Waals surface area contributed by atoms with Crippen molar-refractivity contribution < 1.29 is 0 Å².